The minimum atomic E-state index is -0.830. The number of benzene rings is 2. The van der Waals surface area contributed by atoms with Crippen LogP contribution in [0, 0.1) is 26.0 Å². The van der Waals surface area contributed by atoms with E-state index in [2.05, 4.69) is 5.32 Å². The monoisotopic (exact) mass is 377 g/mol. The number of nitrogens with zero attached hydrogens (tertiary/aromatic N) is 2. The second kappa shape index (κ2) is 8.32. The van der Waals surface area contributed by atoms with Crippen molar-refractivity contribution in [3.05, 3.63) is 79.6 Å². The van der Waals surface area contributed by atoms with Crippen LogP contribution < -0.4 is 5.32 Å². The maximum atomic E-state index is 14.0. The van der Waals surface area contributed by atoms with Crippen molar-refractivity contribution in [1.82, 2.24) is 5.32 Å². The first kappa shape index (κ1) is 19.9. The fourth-order valence-corrected chi connectivity index (χ4v) is 2.61. The molecule has 27 heavy (non-hydrogen) atoms. The molecule has 0 aliphatic carbocycles. The lowest BCUT2D eigenvalue weighted by atomic mass is 10.0. The van der Waals surface area contributed by atoms with Gasteiger partial charge in [-0.25, -0.2) is 4.39 Å². The third kappa shape index (κ3) is 4.61. The minimum Gasteiger partial charge on any atom is -0.375 e. The number of hydrogen-bond acceptors (Lipinski definition) is 6. The molecule has 9 nitrogen and oxygen atoms in total. The van der Waals surface area contributed by atoms with Gasteiger partial charge >= 0.3 is 0 Å². The van der Waals surface area contributed by atoms with E-state index in [9.17, 15) is 29.4 Å². The molecule has 0 spiro atoms. The number of hydrogen-bond donors (Lipinski definition) is 1. The summed E-state index contributed by atoms with van der Waals surface area (Å²) >= 11 is 0. The van der Waals surface area contributed by atoms with Crippen LogP contribution in [0.15, 0.2) is 42.5 Å². The summed E-state index contributed by atoms with van der Waals surface area (Å²) in [6, 6.07) is 7.78. The summed E-state index contributed by atoms with van der Waals surface area (Å²) in [5, 5.41) is 24.4. The highest BCUT2D eigenvalue weighted by atomic mass is 19.1. The Bertz CT molecular complexity index is 856. The van der Waals surface area contributed by atoms with Crippen LogP contribution in [0.25, 0.3) is 0 Å². The minimum absolute atomic E-state index is 0.220. The van der Waals surface area contributed by atoms with Crippen molar-refractivity contribution in [3.63, 3.8) is 0 Å². The van der Waals surface area contributed by atoms with Gasteiger partial charge in [-0.3, -0.25) is 25.0 Å². The van der Waals surface area contributed by atoms with E-state index < -0.39 is 45.1 Å². The van der Waals surface area contributed by atoms with E-state index in [4.69, 9.17) is 4.74 Å². The molecule has 10 heteroatoms. The molecule has 2 aromatic carbocycles. The molecule has 0 saturated carbocycles. The maximum absolute atomic E-state index is 14.0. The zero-order valence-electron chi connectivity index (χ0n) is 14.4. The Morgan fingerprint density at radius 3 is 2.15 bits per heavy atom. The summed E-state index contributed by atoms with van der Waals surface area (Å²) in [6.45, 7) is 1.56. The highest BCUT2D eigenvalue weighted by Gasteiger charge is 2.25. The quantitative estimate of drug-likeness (QED) is 0.584. The van der Waals surface area contributed by atoms with E-state index in [0.29, 0.717) is 0 Å². The van der Waals surface area contributed by atoms with Gasteiger partial charge in [0.15, 0.2) is 0 Å². The van der Waals surface area contributed by atoms with Crippen molar-refractivity contribution in [2.75, 3.05) is 7.11 Å². The molecule has 0 unspecified atom stereocenters. The molecular weight excluding hydrogens is 361 g/mol. The lowest BCUT2D eigenvalue weighted by Gasteiger charge is -2.24. The second-order valence-corrected chi connectivity index (χ2v) is 5.69. The number of ether oxygens (including phenoxy) is 1. The van der Waals surface area contributed by atoms with Gasteiger partial charge < -0.3 is 10.1 Å². The summed E-state index contributed by atoms with van der Waals surface area (Å²) in [5.74, 6) is -1.30. The van der Waals surface area contributed by atoms with E-state index in [-0.39, 0.29) is 11.1 Å². The Morgan fingerprint density at radius 2 is 1.67 bits per heavy atom. The molecule has 2 aromatic rings. The Hall–Kier alpha value is -3.40. The van der Waals surface area contributed by atoms with Crippen molar-refractivity contribution in [2.45, 2.75) is 19.1 Å². The predicted molar refractivity (Wildman–Crippen MR) is 92.8 cm³/mol. The lowest BCUT2D eigenvalue weighted by molar-refractivity contribution is -0.394. The molecular formula is C17H16FN3O6. The number of carbonyl (C=O) groups is 1. The first-order valence-corrected chi connectivity index (χ1v) is 7.76. The van der Waals surface area contributed by atoms with Crippen LogP contribution in [0.2, 0.25) is 0 Å². The predicted octanol–water partition coefficient (Wildman–Crippen LogP) is 3.15. The van der Waals surface area contributed by atoms with Crippen LogP contribution in [-0.2, 0) is 4.74 Å². The molecule has 0 saturated heterocycles. The van der Waals surface area contributed by atoms with Gasteiger partial charge in [-0.05, 0) is 13.0 Å². The Labute approximate surface area is 153 Å². The highest BCUT2D eigenvalue weighted by molar-refractivity contribution is 5.95. The van der Waals surface area contributed by atoms with Gasteiger partial charge in [-0.1, -0.05) is 18.2 Å². The zero-order chi connectivity index (χ0) is 20.1. The van der Waals surface area contributed by atoms with Crippen LogP contribution >= 0.6 is 0 Å². The average molecular weight is 377 g/mol. The molecule has 0 fully saturated rings. The van der Waals surface area contributed by atoms with Crippen molar-refractivity contribution in [3.8, 4) is 0 Å². The van der Waals surface area contributed by atoms with E-state index in [1.54, 1.807) is 13.0 Å². The van der Waals surface area contributed by atoms with Crippen molar-refractivity contribution < 1.29 is 23.8 Å². The van der Waals surface area contributed by atoms with Gasteiger partial charge in [0.2, 0.25) is 0 Å². The first-order valence-electron chi connectivity index (χ1n) is 7.76. The zero-order valence-corrected chi connectivity index (χ0v) is 14.4. The largest absolute Gasteiger partial charge is 0.375 e. The fraction of sp³-hybridized carbons (Fsp3) is 0.235. The summed E-state index contributed by atoms with van der Waals surface area (Å²) in [6.07, 6.45) is -0.830. The van der Waals surface area contributed by atoms with Gasteiger partial charge in [0.25, 0.3) is 17.3 Å². The Balaban J connectivity index is 2.29. The van der Waals surface area contributed by atoms with Gasteiger partial charge in [0, 0.05) is 24.8 Å². The molecule has 0 aliphatic heterocycles. The van der Waals surface area contributed by atoms with E-state index >= 15 is 0 Å². The molecule has 0 heterocycles. The first-order chi connectivity index (χ1) is 12.7. The molecule has 1 N–H and O–H groups in total. The molecule has 2 atom stereocenters. The molecule has 142 valence electrons. The van der Waals surface area contributed by atoms with E-state index in [1.807, 2.05) is 0 Å². The van der Waals surface area contributed by atoms with Crippen molar-refractivity contribution in [1.29, 1.82) is 0 Å². The normalized spacial score (nSPS) is 12.9. The number of carbonyl (C=O) groups excluding carboxylic acids is 1. The molecule has 0 bridgehead atoms. The van der Waals surface area contributed by atoms with Crippen LogP contribution in [0.3, 0.4) is 0 Å². The Morgan fingerprint density at radius 1 is 1.11 bits per heavy atom. The number of nitro benzene ring substituents is 2. The number of nitro groups is 2. The molecule has 0 radical (unpaired) electrons. The summed E-state index contributed by atoms with van der Waals surface area (Å²) in [5.41, 5.74) is -1.21. The highest BCUT2D eigenvalue weighted by Crippen LogP contribution is 2.25. The lowest BCUT2D eigenvalue weighted by Crippen LogP contribution is -2.38. The number of halogens is 1. The summed E-state index contributed by atoms with van der Waals surface area (Å²) in [4.78, 5) is 32.7. The second-order valence-electron chi connectivity index (χ2n) is 5.69. The number of amides is 1. The van der Waals surface area contributed by atoms with Crippen LogP contribution in [-0.4, -0.2) is 28.9 Å². The van der Waals surface area contributed by atoms with Crippen LogP contribution in [0.4, 0.5) is 15.8 Å². The van der Waals surface area contributed by atoms with Crippen molar-refractivity contribution >= 4 is 17.3 Å². The third-order valence-electron chi connectivity index (χ3n) is 3.86. The van der Waals surface area contributed by atoms with Gasteiger partial charge in [-0.15, -0.1) is 0 Å². The third-order valence-corrected chi connectivity index (χ3v) is 3.86. The van der Waals surface area contributed by atoms with E-state index in [0.717, 1.165) is 18.2 Å². The Kier molecular flexibility index (Phi) is 6.14. The standard InChI is InChI=1S/C17H16FN3O6/c1-10(16(27-2)14-5-3-4-6-15(14)18)19-17(22)11-7-12(20(23)24)9-13(8-11)21(25)26/h3-10,16H,1-2H3,(H,19,22)/t10-,16-/m1/s1. The molecule has 0 aromatic heterocycles. The number of non-ortho nitro benzene ring substituents is 2. The average Bonchev–Trinajstić information content (AvgIpc) is 2.63. The molecule has 2 rings (SSSR count). The van der Waals surface area contributed by atoms with E-state index in [1.165, 1.54) is 25.3 Å². The topological polar surface area (TPSA) is 125 Å². The fourth-order valence-electron chi connectivity index (χ4n) is 2.61. The van der Waals surface area contributed by atoms with Gasteiger partial charge in [-0.2, -0.15) is 0 Å². The van der Waals surface area contributed by atoms with Crippen molar-refractivity contribution in [2.24, 2.45) is 0 Å². The van der Waals surface area contributed by atoms with Gasteiger partial charge in [0.05, 0.1) is 27.5 Å². The summed E-state index contributed by atoms with van der Waals surface area (Å²) < 4.78 is 19.3. The number of nitrogens with one attached hydrogen (secondary N) is 1. The van der Waals surface area contributed by atoms with Crippen LogP contribution in [0.5, 0.6) is 0 Å². The molecule has 1 amide bonds. The van der Waals surface area contributed by atoms with Gasteiger partial charge in [0.1, 0.15) is 11.9 Å². The number of rotatable bonds is 7. The maximum Gasteiger partial charge on any atom is 0.277 e. The SMILES string of the molecule is CO[C@@H](c1ccccc1F)[C@@H](C)NC(=O)c1cc([N+](=O)[O-])cc([N+](=O)[O-])c1. The number of methoxy groups -OCH3 is 1. The van der Waals surface area contributed by atoms with Crippen LogP contribution in [0.1, 0.15) is 28.9 Å². The smallest absolute Gasteiger partial charge is 0.277 e. The molecule has 0 aliphatic rings. The summed E-state index contributed by atoms with van der Waals surface area (Å²) in [7, 11) is 1.35.